The minimum Gasteiger partial charge on any atom is -0.495 e. The van der Waals surface area contributed by atoms with Crippen LogP contribution in [0.3, 0.4) is 0 Å². The molecule has 66 valence electrons. The second kappa shape index (κ2) is 4.45. The SMILES string of the molecule is COc1c(Br)cccc1CON. The Morgan fingerprint density at radius 2 is 2.25 bits per heavy atom. The molecule has 0 amide bonds. The van der Waals surface area contributed by atoms with Crippen LogP contribution in [0.5, 0.6) is 5.75 Å². The highest BCUT2D eigenvalue weighted by atomic mass is 79.9. The third-order valence-corrected chi connectivity index (χ3v) is 2.12. The summed E-state index contributed by atoms with van der Waals surface area (Å²) >= 11 is 3.36. The Morgan fingerprint density at radius 1 is 1.50 bits per heavy atom. The quantitative estimate of drug-likeness (QED) is 0.808. The molecule has 0 aromatic heterocycles. The highest BCUT2D eigenvalue weighted by molar-refractivity contribution is 9.10. The van der Waals surface area contributed by atoms with Crippen LogP contribution >= 0.6 is 15.9 Å². The van der Waals surface area contributed by atoms with E-state index >= 15 is 0 Å². The topological polar surface area (TPSA) is 44.5 Å². The van der Waals surface area contributed by atoms with Crippen molar-refractivity contribution < 1.29 is 9.57 Å². The molecule has 0 spiro atoms. The van der Waals surface area contributed by atoms with Crippen LogP contribution in [0.15, 0.2) is 22.7 Å². The van der Waals surface area contributed by atoms with Gasteiger partial charge in [0.1, 0.15) is 5.75 Å². The van der Waals surface area contributed by atoms with Gasteiger partial charge < -0.3 is 4.74 Å². The van der Waals surface area contributed by atoms with E-state index in [9.17, 15) is 0 Å². The Labute approximate surface area is 79.5 Å². The van der Waals surface area contributed by atoms with Gasteiger partial charge in [-0.25, -0.2) is 5.90 Å². The maximum Gasteiger partial charge on any atom is 0.138 e. The van der Waals surface area contributed by atoms with E-state index in [0.29, 0.717) is 6.61 Å². The van der Waals surface area contributed by atoms with E-state index in [2.05, 4.69) is 20.8 Å². The molecule has 3 nitrogen and oxygen atoms in total. The first kappa shape index (κ1) is 9.51. The molecule has 0 aliphatic rings. The molecule has 1 aromatic rings. The summed E-state index contributed by atoms with van der Waals surface area (Å²) in [5.41, 5.74) is 0.925. The summed E-state index contributed by atoms with van der Waals surface area (Å²) in [5, 5.41) is 0. The fourth-order valence-electron chi connectivity index (χ4n) is 0.986. The van der Waals surface area contributed by atoms with E-state index in [0.717, 1.165) is 15.8 Å². The van der Waals surface area contributed by atoms with Crippen LogP contribution in [-0.2, 0) is 11.4 Å². The molecule has 0 unspecified atom stereocenters. The lowest BCUT2D eigenvalue weighted by molar-refractivity contribution is 0.122. The minimum atomic E-state index is 0.350. The number of hydrogen-bond donors (Lipinski definition) is 1. The third kappa shape index (κ3) is 1.97. The van der Waals surface area contributed by atoms with E-state index in [1.807, 2.05) is 18.2 Å². The largest absolute Gasteiger partial charge is 0.495 e. The van der Waals surface area contributed by atoms with Gasteiger partial charge in [0, 0.05) is 5.56 Å². The van der Waals surface area contributed by atoms with Crippen LogP contribution in [0.4, 0.5) is 0 Å². The summed E-state index contributed by atoms with van der Waals surface area (Å²) in [4.78, 5) is 4.52. The van der Waals surface area contributed by atoms with Crippen molar-refractivity contribution in [3.8, 4) is 5.75 Å². The summed E-state index contributed by atoms with van der Waals surface area (Å²) in [7, 11) is 1.61. The van der Waals surface area contributed by atoms with Crippen molar-refractivity contribution in [1.82, 2.24) is 0 Å². The summed E-state index contributed by atoms with van der Waals surface area (Å²) in [6.45, 7) is 0.350. The predicted molar refractivity (Wildman–Crippen MR) is 49.7 cm³/mol. The average molecular weight is 232 g/mol. The Hall–Kier alpha value is -0.580. The van der Waals surface area contributed by atoms with Crippen molar-refractivity contribution >= 4 is 15.9 Å². The normalized spacial score (nSPS) is 9.92. The average Bonchev–Trinajstić information content (AvgIpc) is 2.05. The van der Waals surface area contributed by atoms with E-state index in [1.165, 1.54) is 0 Å². The first-order valence-electron chi connectivity index (χ1n) is 3.42. The van der Waals surface area contributed by atoms with Crippen LogP contribution in [0.1, 0.15) is 5.56 Å². The number of para-hydroxylation sites is 1. The van der Waals surface area contributed by atoms with Crippen molar-refractivity contribution in [1.29, 1.82) is 0 Å². The van der Waals surface area contributed by atoms with Gasteiger partial charge in [-0.2, -0.15) is 0 Å². The number of nitrogens with two attached hydrogens (primary N) is 1. The van der Waals surface area contributed by atoms with Crippen molar-refractivity contribution in [3.05, 3.63) is 28.2 Å². The lowest BCUT2D eigenvalue weighted by Crippen LogP contribution is -2.01. The van der Waals surface area contributed by atoms with E-state index in [1.54, 1.807) is 7.11 Å². The number of benzene rings is 1. The maximum atomic E-state index is 5.15. The fraction of sp³-hybridized carbons (Fsp3) is 0.250. The zero-order chi connectivity index (χ0) is 8.97. The Bertz CT molecular complexity index is 265. The molecule has 0 aliphatic carbocycles. The smallest absolute Gasteiger partial charge is 0.138 e. The van der Waals surface area contributed by atoms with Crippen molar-refractivity contribution in [2.45, 2.75) is 6.61 Å². The van der Waals surface area contributed by atoms with Crippen LogP contribution in [0.2, 0.25) is 0 Å². The maximum absolute atomic E-state index is 5.15. The molecule has 0 saturated carbocycles. The number of methoxy groups -OCH3 is 1. The summed E-state index contributed by atoms with van der Waals surface area (Å²) < 4.78 is 6.05. The van der Waals surface area contributed by atoms with Gasteiger partial charge in [-0.05, 0) is 22.0 Å². The molecule has 0 radical (unpaired) electrons. The number of hydrogen-bond acceptors (Lipinski definition) is 3. The van der Waals surface area contributed by atoms with E-state index in [-0.39, 0.29) is 0 Å². The first-order chi connectivity index (χ1) is 5.79. The predicted octanol–water partition coefficient (Wildman–Crippen LogP) is 1.85. The fourth-order valence-corrected chi connectivity index (χ4v) is 1.55. The molecule has 1 rings (SSSR count). The second-order valence-corrected chi connectivity index (χ2v) is 3.10. The zero-order valence-electron chi connectivity index (χ0n) is 6.71. The molecule has 1 aromatic carbocycles. The first-order valence-corrected chi connectivity index (χ1v) is 4.22. The van der Waals surface area contributed by atoms with Crippen LogP contribution in [0.25, 0.3) is 0 Å². The van der Waals surface area contributed by atoms with Crippen LogP contribution in [0, 0.1) is 0 Å². The molecule has 0 bridgehead atoms. The lowest BCUT2D eigenvalue weighted by atomic mass is 10.2. The monoisotopic (exact) mass is 231 g/mol. The minimum absolute atomic E-state index is 0.350. The molecule has 0 fully saturated rings. The molecule has 2 N–H and O–H groups in total. The summed E-state index contributed by atoms with van der Waals surface area (Å²) in [5.74, 6) is 5.73. The van der Waals surface area contributed by atoms with Gasteiger partial charge in [0.15, 0.2) is 0 Å². The lowest BCUT2D eigenvalue weighted by Gasteiger charge is -2.08. The second-order valence-electron chi connectivity index (χ2n) is 2.24. The molecule has 4 heteroatoms. The molecule has 0 heterocycles. The van der Waals surface area contributed by atoms with Gasteiger partial charge in [-0.3, -0.25) is 4.84 Å². The van der Waals surface area contributed by atoms with Gasteiger partial charge in [0.2, 0.25) is 0 Å². The molecular weight excluding hydrogens is 222 g/mol. The van der Waals surface area contributed by atoms with Crippen LogP contribution < -0.4 is 10.6 Å². The molecule has 0 saturated heterocycles. The van der Waals surface area contributed by atoms with Gasteiger partial charge in [0.25, 0.3) is 0 Å². The molecule has 0 aliphatic heterocycles. The highest BCUT2D eigenvalue weighted by Crippen LogP contribution is 2.28. The van der Waals surface area contributed by atoms with Crippen LogP contribution in [-0.4, -0.2) is 7.11 Å². The Kier molecular flexibility index (Phi) is 3.52. The Balaban J connectivity index is 3.00. The highest BCUT2D eigenvalue weighted by Gasteiger charge is 2.05. The van der Waals surface area contributed by atoms with Gasteiger partial charge in [-0.15, -0.1) is 0 Å². The van der Waals surface area contributed by atoms with Crippen molar-refractivity contribution in [2.24, 2.45) is 5.90 Å². The van der Waals surface area contributed by atoms with Gasteiger partial charge >= 0.3 is 0 Å². The molecular formula is C8H10BrNO2. The summed E-state index contributed by atoms with van der Waals surface area (Å²) in [6.07, 6.45) is 0. The van der Waals surface area contributed by atoms with Crippen molar-refractivity contribution in [2.75, 3.05) is 7.11 Å². The number of rotatable bonds is 3. The van der Waals surface area contributed by atoms with E-state index in [4.69, 9.17) is 10.6 Å². The molecule has 12 heavy (non-hydrogen) atoms. The number of halogens is 1. The summed E-state index contributed by atoms with van der Waals surface area (Å²) in [6, 6.07) is 5.70. The van der Waals surface area contributed by atoms with Gasteiger partial charge in [0.05, 0.1) is 18.2 Å². The van der Waals surface area contributed by atoms with E-state index < -0.39 is 0 Å². The van der Waals surface area contributed by atoms with Gasteiger partial charge in [-0.1, -0.05) is 12.1 Å². The van der Waals surface area contributed by atoms with Crippen molar-refractivity contribution in [3.63, 3.8) is 0 Å². The number of ether oxygens (including phenoxy) is 1. The molecule has 0 atom stereocenters. The zero-order valence-corrected chi connectivity index (χ0v) is 8.30. The third-order valence-electron chi connectivity index (χ3n) is 1.49. The standard InChI is InChI=1S/C8H10BrNO2/c1-11-8-6(5-12-10)3-2-4-7(8)9/h2-4H,5,10H2,1H3. The Morgan fingerprint density at radius 3 is 2.83 bits per heavy atom.